The minimum absolute atomic E-state index is 0.310. The Morgan fingerprint density at radius 1 is 0.842 bits per heavy atom. The van der Waals surface area contributed by atoms with Gasteiger partial charge in [-0.25, -0.2) is 17.6 Å². The molecule has 0 bridgehead atoms. The van der Waals surface area contributed by atoms with Crippen LogP contribution in [-0.4, -0.2) is 0 Å². The van der Waals surface area contributed by atoms with E-state index in [1.54, 1.807) is 0 Å². The third kappa shape index (κ3) is 3.00. The molecular weight excluding hydrogens is 392 g/mol. The second-order valence-electron chi connectivity index (χ2n) is 3.81. The van der Waals surface area contributed by atoms with Crippen LogP contribution in [0.3, 0.4) is 0 Å². The predicted octanol–water partition coefficient (Wildman–Crippen LogP) is 5.49. The summed E-state index contributed by atoms with van der Waals surface area (Å²) >= 11 is 6.28. The Balaban J connectivity index is 2.56. The standard InChI is InChI=1S/C13H6Br2F4/c14-9-2-1-6(16)3-8(9)13(15)12-10(18)4-7(17)5-11(12)19/h1-5,13H. The summed E-state index contributed by atoms with van der Waals surface area (Å²) in [6, 6.07) is 4.95. The Bertz CT molecular complexity index is 605. The van der Waals surface area contributed by atoms with Gasteiger partial charge in [0.05, 0.1) is 4.83 Å². The number of hydrogen-bond donors (Lipinski definition) is 0. The summed E-state index contributed by atoms with van der Waals surface area (Å²) in [5.74, 6) is -3.60. The van der Waals surface area contributed by atoms with Crippen molar-refractivity contribution in [1.82, 2.24) is 0 Å². The van der Waals surface area contributed by atoms with Gasteiger partial charge in [-0.05, 0) is 23.8 Å². The van der Waals surface area contributed by atoms with E-state index in [4.69, 9.17) is 0 Å². The van der Waals surface area contributed by atoms with Gasteiger partial charge in [-0.1, -0.05) is 31.9 Å². The molecule has 2 aromatic rings. The fourth-order valence-corrected chi connectivity index (χ4v) is 3.26. The molecule has 0 aliphatic rings. The molecular formula is C13H6Br2F4. The van der Waals surface area contributed by atoms with Crippen molar-refractivity contribution >= 4 is 31.9 Å². The van der Waals surface area contributed by atoms with Gasteiger partial charge < -0.3 is 0 Å². The largest absolute Gasteiger partial charge is 0.207 e. The Morgan fingerprint density at radius 2 is 1.42 bits per heavy atom. The molecule has 0 heterocycles. The molecule has 0 radical (unpaired) electrons. The summed E-state index contributed by atoms with van der Waals surface area (Å²) < 4.78 is 53.9. The molecule has 0 aromatic heterocycles. The zero-order valence-electron chi connectivity index (χ0n) is 9.23. The highest BCUT2D eigenvalue weighted by molar-refractivity contribution is 9.11. The van der Waals surface area contributed by atoms with Crippen molar-refractivity contribution in [3.8, 4) is 0 Å². The van der Waals surface area contributed by atoms with Crippen LogP contribution >= 0.6 is 31.9 Å². The molecule has 0 N–H and O–H groups in total. The SMILES string of the molecule is Fc1cc(F)c(C(Br)c2cc(F)ccc2Br)c(F)c1. The van der Waals surface area contributed by atoms with Gasteiger partial charge in [0.1, 0.15) is 23.3 Å². The minimum atomic E-state index is -1.03. The van der Waals surface area contributed by atoms with E-state index in [-0.39, 0.29) is 5.56 Å². The molecule has 6 heteroatoms. The van der Waals surface area contributed by atoms with E-state index in [1.807, 2.05) is 0 Å². The van der Waals surface area contributed by atoms with Crippen molar-refractivity contribution in [1.29, 1.82) is 0 Å². The topological polar surface area (TPSA) is 0 Å². The van der Waals surface area contributed by atoms with E-state index in [9.17, 15) is 17.6 Å². The number of alkyl halides is 1. The van der Waals surface area contributed by atoms with Crippen LogP contribution in [0, 0.1) is 23.3 Å². The average Bonchev–Trinajstić information content (AvgIpc) is 2.30. The van der Waals surface area contributed by atoms with E-state index in [2.05, 4.69) is 31.9 Å². The normalized spacial score (nSPS) is 12.5. The van der Waals surface area contributed by atoms with Crippen LogP contribution in [-0.2, 0) is 0 Å². The second kappa shape index (κ2) is 5.63. The van der Waals surface area contributed by atoms with Crippen molar-refractivity contribution in [3.05, 3.63) is 69.2 Å². The van der Waals surface area contributed by atoms with E-state index in [1.165, 1.54) is 12.1 Å². The summed E-state index contributed by atoms with van der Waals surface area (Å²) in [7, 11) is 0. The van der Waals surface area contributed by atoms with Crippen LogP contribution < -0.4 is 0 Å². The highest BCUT2D eigenvalue weighted by Gasteiger charge is 2.22. The third-order valence-electron chi connectivity index (χ3n) is 2.53. The fraction of sp³-hybridized carbons (Fsp3) is 0.0769. The molecule has 0 nitrogen and oxygen atoms in total. The van der Waals surface area contributed by atoms with Gasteiger partial charge in [0.2, 0.25) is 0 Å². The molecule has 2 aromatic carbocycles. The molecule has 0 amide bonds. The van der Waals surface area contributed by atoms with Crippen molar-refractivity contribution in [2.45, 2.75) is 4.83 Å². The smallest absolute Gasteiger partial charge is 0.133 e. The average molecular weight is 398 g/mol. The molecule has 0 fully saturated rings. The molecule has 0 saturated carbocycles. The minimum Gasteiger partial charge on any atom is -0.207 e. The van der Waals surface area contributed by atoms with Gasteiger partial charge in [-0.15, -0.1) is 0 Å². The van der Waals surface area contributed by atoms with Crippen LogP contribution in [0.4, 0.5) is 17.6 Å². The lowest BCUT2D eigenvalue weighted by atomic mass is 10.0. The highest BCUT2D eigenvalue weighted by Crippen LogP contribution is 2.38. The molecule has 0 aliphatic carbocycles. The summed E-state index contributed by atoms with van der Waals surface area (Å²) in [6.07, 6.45) is 0. The van der Waals surface area contributed by atoms with Gasteiger partial charge in [0.15, 0.2) is 0 Å². The first kappa shape index (κ1) is 14.5. The predicted molar refractivity (Wildman–Crippen MR) is 71.2 cm³/mol. The molecule has 0 saturated heterocycles. The fourth-order valence-electron chi connectivity index (χ4n) is 1.66. The Labute approximate surface area is 123 Å². The Morgan fingerprint density at radius 3 is 2.00 bits per heavy atom. The van der Waals surface area contributed by atoms with Gasteiger partial charge in [0, 0.05) is 22.2 Å². The van der Waals surface area contributed by atoms with Crippen LogP contribution in [0.1, 0.15) is 16.0 Å². The van der Waals surface area contributed by atoms with Crippen LogP contribution in [0.25, 0.3) is 0 Å². The van der Waals surface area contributed by atoms with Gasteiger partial charge in [-0.3, -0.25) is 0 Å². The number of hydrogen-bond acceptors (Lipinski definition) is 0. The van der Waals surface area contributed by atoms with Crippen molar-refractivity contribution in [2.75, 3.05) is 0 Å². The third-order valence-corrected chi connectivity index (χ3v) is 4.20. The monoisotopic (exact) mass is 396 g/mol. The number of benzene rings is 2. The molecule has 0 spiro atoms. The quantitative estimate of drug-likeness (QED) is 0.464. The van der Waals surface area contributed by atoms with Crippen molar-refractivity contribution < 1.29 is 17.6 Å². The maximum Gasteiger partial charge on any atom is 0.133 e. The Kier molecular flexibility index (Phi) is 4.30. The Hall–Kier alpha value is -0.880. The molecule has 1 atom stereocenters. The number of halogens is 6. The molecule has 2 rings (SSSR count). The van der Waals surface area contributed by atoms with Gasteiger partial charge in [-0.2, -0.15) is 0 Å². The lowest BCUT2D eigenvalue weighted by Crippen LogP contribution is -2.03. The van der Waals surface area contributed by atoms with E-state index in [0.717, 1.165) is 6.07 Å². The number of rotatable bonds is 2. The first-order chi connectivity index (χ1) is 8.90. The van der Waals surface area contributed by atoms with Crippen LogP contribution in [0.15, 0.2) is 34.8 Å². The molecule has 100 valence electrons. The van der Waals surface area contributed by atoms with E-state index in [0.29, 0.717) is 22.2 Å². The lowest BCUT2D eigenvalue weighted by Gasteiger charge is -2.14. The highest BCUT2D eigenvalue weighted by atomic mass is 79.9. The maximum atomic E-state index is 13.7. The van der Waals surface area contributed by atoms with Crippen molar-refractivity contribution in [2.24, 2.45) is 0 Å². The summed E-state index contributed by atoms with van der Waals surface area (Å²) in [5.41, 5.74) is -0.0582. The summed E-state index contributed by atoms with van der Waals surface area (Å²) in [4.78, 5) is -0.932. The van der Waals surface area contributed by atoms with Crippen LogP contribution in [0.2, 0.25) is 0 Å². The zero-order chi connectivity index (χ0) is 14.2. The summed E-state index contributed by atoms with van der Waals surface area (Å²) in [5, 5.41) is 0. The summed E-state index contributed by atoms with van der Waals surface area (Å²) in [6.45, 7) is 0. The second-order valence-corrected chi connectivity index (χ2v) is 5.58. The molecule has 1 unspecified atom stereocenters. The van der Waals surface area contributed by atoms with Gasteiger partial charge in [0.25, 0.3) is 0 Å². The van der Waals surface area contributed by atoms with Crippen molar-refractivity contribution in [3.63, 3.8) is 0 Å². The van der Waals surface area contributed by atoms with Gasteiger partial charge >= 0.3 is 0 Å². The first-order valence-corrected chi connectivity index (χ1v) is 6.84. The molecule has 19 heavy (non-hydrogen) atoms. The maximum absolute atomic E-state index is 13.7. The molecule has 0 aliphatic heterocycles. The first-order valence-electron chi connectivity index (χ1n) is 5.13. The van der Waals surface area contributed by atoms with E-state index >= 15 is 0 Å². The van der Waals surface area contributed by atoms with Crippen LogP contribution in [0.5, 0.6) is 0 Å². The zero-order valence-corrected chi connectivity index (χ0v) is 12.4. The lowest BCUT2D eigenvalue weighted by molar-refractivity contribution is 0.527. The van der Waals surface area contributed by atoms with E-state index < -0.39 is 28.1 Å².